The standard InChI is InChI=1S/C20H25N3O3/c24-18(21-17-9-8-14-4-1-2-5-16(14)17)20(26)23-11-3-10-22(12-13-23)19(25)15-6-7-15/h1-2,4-5,15,17H,3,6-13H2,(H,21,24)/t17-/m0/s1. The molecule has 2 fully saturated rings. The van der Waals surface area contributed by atoms with Gasteiger partial charge in [0.1, 0.15) is 0 Å². The molecule has 1 N–H and O–H groups in total. The maximum atomic E-state index is 12.6. The Labute approximate surface area is 153 Å². The van der Waals surface area contributed by atoms with Crippen molar-refractivity contribution in [1.29, 1.82) is 0 Å². The van der Waals surface area contributed by atoms with E-state index < -0.39 is 11.8 Å². The molecular weight excluding hydrogens is 330 g/mol. The Morgan fingerprint density at radius 2 is 1.65 bits per heavy atom. The van der Waals surface area contributed by atoms with Crippen molar-refractivity contribution in [3.8, 4) is 0 Å². The van der Waals surface area contributed by atoms with Crippen LogP contribution in [0.15, 0.2) is 24.3 Å². The van der Waals surface area contributed by atoms with E-state index in [-0.39, 0.29) is 17.9 Å². The summed E-state index contributed by atoms with van der Waals surface area (Å²) in [5.74, 6) is -0.599. The summed E-state index contributed by atoms with van der Waals surface area (Å²) in [6.07, 6.45) is 4.47. The van der Waals surface area contributed by atoms with Gasteiger partial charge in [-0.1, -0.05) is 24.3 Å². The van der Waals surface area contributed by atoms with E-state index in [2.05, 4.69) is 11.4 Å². The maximum Gasteiger partial charge on any atom is 0.311 e. The minimum Gasteiger partial charge on any atom is -0.341 e. The molecule has 4 rings (SSSR count). The fourth-order valence-corrected chi connectivity index (χ4v) is 4.00. The fraction of sp³-hybridized carbons (Fsp3) is 0.550. The van der Waals surface area contributed by atoms with Gasteiger partial charge in [0, 0.05) is 32.1 Å². The largest absolute Gasteiger partial charge is 0.341 e. The van der Waals surface area contributed by atoms with Crippen LogP contribution in [0.3, 0.4) is 0 Å². The van der Waals surface area contributed by atoms with Crippen LogP contribution in [0.2, 0.25) is 0 Å². The zero-order chi connectivity index (χ0) is 18.1. The molecule has 0 aromatic heterocycles. The van der Waals surface area contributed by atoms with Gasteiger partial charge >= 0.3 is 11.8 Å². The van der Waals surface area contributed by atoms with Crippen LogP contribution in [0, 0.1) is 5.92 Å². The molecule has 0 unspecified atom stereocenters. The van der Waals surface area contributed by atoms with Crippen LogP contribution in [0.4, 0.5) is 0 Å². The topological polar surface area (TPSA) is 69.7 Å². The van der Waals surface area contributed by atoms with E-state index in [1.54, 1.807) is 4.90 Å². The summed E-state index contributed by atoms with van der Waals surface area (Å²) in [6.45, 7) is 2.17. The maximum absolute atomic E-state index is 12.6. The quantitative estimate of drug-likeness (QED) is 0.812. The molecule has 1 atom stereocenters. The van der Waals surface area contributed by atoms with Crippen molar-refractivity contribution in [2.75, 3.05) is 26.2 Å². The van der Waals surface area contributed by atoms with Gasteiger partial charge in [-0.05, 0) is 43.2 Å². The number of amides is 3. The zero-order valence-corrected chi connectivity index (χ0v) is 14.9. The molecule has 1 aromatic carbocycles. The highest BCUT2D eigenvalue weighted by Gasteiger charge is 2.35. The Morgan fingerprint density at radius 3 is 2.46 bits per heavy atom. The van der Waals surface area contributed by atoms with Gasteiger partial charge in [0.05, 0.1) is 6.04 Å². The molecule has 3 aliphatic rings. The summed E-state index contributed by atoms with van der Waals surface area (Å²) in [5, 5.41) is 2.90. The van der Waals surface area contributed by atoms with Gasteiger partial charge in [-0.15, -0.1) is 0 Å². The van der Waals surface area contributed by atoms with Crippen LogP contribution in [-0.2, 0) is 20.8 Å². The average Bonchev–Trinajstić information content (AvgIpc) is 3.46. The molecule has 1 aromatic rings. The number of aryl methyl sites for hydroxylation is 1. The van der Waals surface area contributed by atoms with E-state index in [4.69, 9.17) is 0 Å². The highest BCUT2D eigenvalue weighted by Crippen LogP contribution is 2.32. The third-order valence-electron chi connectivity index (χ3n) is 5.65. The van der Waals surface area contributed by atoms with Gasteiger partial charge in [0.25, 0.3) is 0 Å². The van der Waals surface area contributed by atoms with E-state index in [0.717, 1.165) is 37.7 Å². The van der Waals surface area contributed by atoms with Crippen molar-refractivity contribution in [3.63, 3.8) is 0 Å². The smallest absolute Gasteiger partial charge is 0.311 e. The third kappa shape index (κ3) is 3.45. The summed E-state index contributed by atoms with van der Waals surface area (Å²) >= 11 is 0. The molecule has 0 spiro atoms. The van der Waals surface area contributed by atoms with Crippen LogP contribution >= 0.6 is 0 Å². The molecule has 26 heavy (non-hydrogen) atoms. The average molecular weight is 355 g/mol. The Balaban J connectivity index is 1.34. The van der Waals surface area contributed by atoms with Crippen LogP contribution < -0.4 is 5.32 Å². The summed E-state index contributed by atoms with van der Waals surface area (Å²) in [7, 11) is 0. The van der Waals surface area contributed by atoms with E-state index in [9.17, 15) is 14.4 Å². The molecule has 1 heterocycles. The van der Waals surface area contributed by atoms with Crippen LogP contribution in [0.5, 0.6) is 0 Å². The van der Waals surface area contributed by atoms with Crippen molar-refractivity contribution >= 4 is 17.7 Å². The third-order valence-corrected chi connectivity index (χ3v) is 5.65. The lowest BCUT2D eigenvalue weighted by Crippen LogP contribution is -2.45. The number of fused-ring (bicyclic) bond motifs is 1. The Hall–Kier alpha value is -2.37. The van der Waals surface area contributed by atoms with E-state index in [1.165, 1.54) is 5.56 Å². The fourth-order valence-electron chi connectivity index (χ4n) is 4.00. The first-order valence-corrected chi connectivity index (χ1v) is 9.60. The van der Waals surface area contributed by atoms with Crippen molar-refractivity contribution in [2.45, 2.75) is 38.1 Å². The first-order chi connectivity index (χ1) is 12.6. The Bertz CT molecular complexity index is 729. The number of nitrogens with one attached hydrogen (secondary N) is 1. The lowest BCUT2D eigenvalue weighted by Gasteiger charge is -2.22. The monoisotopic (exact) mass is 355 g/mol. The molecule has 1 saturated carbocycles. The summed E-state index contributed by atoms with van der Waals surface area (Å²) in [5.41, 5.74) is 2.36. The van der Waals surface area contributed by atoms with E-state index in [0.29, 0.717) is 26.2 Å². The van der Waals surface area contributed by atoms with Crippen LogP contribution in [0.1, 0.15) is 42.9 Å². The summed E-state index contributed by atoms with van der Waals surface area (Å²) in [4.78, 5) is 40.7. The molecule has 1 saturated heterocycles. The predicted molar refractivity (Wildman–Crippen MR) is 96.1 cm³/mol. The van der Waals surface area contributed by atoms with Crippen LogP contribution in [-0.4, -0.2) is 53.7 Å². The Morgan fingerprint density at radius 1 is 0.923 bits per heavy atom. The lowest BCUT2D eigenvalue weighted by molar-refractivity contribution is -0.146. The Kier molecular flexibility index (Phi) is 4.66. The van der Waals surface area contributed by atoms with Crippen molar-refractivity contribution in [3.05, 3.63) is 35.4 Å². The molecule has 6 nitrogen and oxygen atoms in total. The van der Waals surface area contributed by atoms with Crippen molar-refractivity contribution < 1.29 is 14.4 Å². The minimum absolute atomic E-state index is 0.0810. The van der Waals surface area contributed by atoms with E-state index in [1.807, 2.05) is 23.1 Å². The van der Waals surface area contributed by atoms with Gasteiger partial charge < -0.3 is 15.1 Å². The second kappa shape index (κ2) is 7.09. The molecule has 6 heteroatoms. The number of hydrogen-bond acceptors (Lipinski definition) is 3. The molecular formula is C20H25N3O3. The van der Waals surface area contributed by atoms with Gasteiger partial charge in [-0.2, -0.15) is 0 Å². The highest BCUT2D eigenvalue weighted by molar-refractivity contribution is 6.35. The van der Waals surface area contributed by atoms with Gasteiger partial charge in [0.15, 0.2) is 0 Å². The highest BCUT2D eigenvalue weighted by atomic mass is 16.2. The van der Waals surface area contributed by atoms with Crippen LogP contribution in [0.25, 0.3) is 0 Å². The minimum atomic E-state index is -0.534. The van der Waals surface area contributed by atoms with Crippen molar-refractivity contribution in [1.82, 2.24) is 15.1 Å². The second-order valence-electron chi connectivity index (χ2n) is 7.51. The lowest BCUT2D eigenvalue weighted by atomic mass is 10.1. The number of hydrogen-bond donors (Lipinski definition) is 1. The number of benzene rings is 1. The zero-order valence-electron chi connectivity index (χ0n) is 14.9. The number of nitrogens with zero attached hydrogens (tertiary/aromatic N) is 2. The molecule has 138 valence electrons. The van der Waals surface area contributed by atoms with E-state index >= 15 is 0 Å². The predicted octanol–water partition coefficient (Wildman–Crippen LogP) is 1.26. The number of carbonyl (C=O) groups excluding carboxylic acids is 3. The SMILES string of the molecule is O=C(N[C@H]1CCc2ccccc21)C(=O)N1CCCN(C(=O)C2CC2)CC1. The summed E-state index contributed by atoms with van der Waals surface area (Å²) < 4.78 is 0. The van der Waals surface area contributed by atoms with Gasteiger partial charge in [-0.25, -0.2) is 0 Å². The van der Waals surface area contributed by atoms with Gasteiger partial charge in [-0.3, -0.25) is 14.4 Å². The second-order valence-corrected chi connectivity index (χ2v) is 7.51. The number of carbonyl (C=O) groups is 3. The number of rotatable bonds is 2. The summed E-state index contributed by atoms with van der Waals surface area (Å²) in [6, 6.07) is 7.97. The molecule has 1 aliphatic heterocycles. The van der Waals surface area contributed by atoms with Gasteiger partial charge in [0.2, 0.25) is 5.91 Å². The van der Waals surface area contributed by atoms with Crippen molar-refractivity contribution in [2.24, 2.45) is 5.92 Å². The molecule has 2 aliphatic carbocycles. The molecule has 3 amide bonds. The molecule has 0 radical (unpaired) electrons. The first kappa shape index (κ1) is 17.1. The first-order valence-electron chi connectivity index (χ1n) is 9.60. The molecule has 0 bridgehead atoms. The normalized spacial score (nSPS) is 22.5.